The molecule has 142 valence electrons. The van der Waals surface area contributed by atoms with Crippen LogP contribution in [0.25, 0.3) is 28.1 Å². The van der Waals surface area contributed by atoms with Crippen LogP contribution in [-0.4, -0.2) is 45.1 Å². The zero-order valence-corrected chi connectivity index (χ0v) is 15.4. The fourth-order valence-corrected chi connectivity index (χ4v) is 3.58. The second kappa shape index (κ2) is 6.99. The van der Waals surface area contributed by atoms with Gasteiger partial charge in [-0.1, -0.05) is 18.2 Å². The van der Waals surface area contributed by atoms with E-state index in [0.717, 1.165) is 48.2 Å². The van der Waals surface area contributed by atoms with Gasteiger partial charge in [-0.15, -0.1) is 5.10 Å². The van der Waals surface area contributed by atoms with E-state index in [9.17, 15) is 4.79 Å². The second-order valence-electron chi connectivity index (χ2n) is 6.92. The van der Waals surface area contributed by atoms with Crippen molar-refractivity contribution in [1.82, 2.24) is 19.5 Å². The molecule has 5 rings (SSSR count). The van der Waals surface area contributed by atoms with Gasteiger partial charge >= 0.3 is 0 Å². The molecule has 0 unspecified atom stereocenters. The standard InChI is InChI=1S/C21H20N4O3/c26-21-7-3-10-24(21)11-4-12-27-20-9-8-19-22-14-16(25(19)23-20)18-13-15-5-1-2-6-17(15)28-18/h1-2,5-6,8-9,13-14H,3-4,7,10-12H2. The highest BCUT2D eigenvalue weighted by Gasteiger charge is 2.19. The Kier molecular flexibility index (Phi) is 4.20. The first kappa shape index (κ1) is 16.8. The van der Waals surface area contributed by atoms with Crippen molar-refractivity contribution in [1.29, 1.82) is 0 Å². The largest absolute Gasteiger partial charge is 0.477 e. The first-order valence-electron chi connectivity index (χ1n) is 9.52. The number of hydrogen-bond donors (Lipinski definition) is 0. The van der Waals surface area contributed by atoms with Crippen LogP contribution in [0.1, 0.15) is 19.3 Å². The third-order valence-corrected chi connectivity index (χ3v) is 5.01. The lowest BCUT2D eigenvalue weighted by atomic mass is 10.2. The quantitative estimate of drug-likeness (QED) is 0.481. The molecule has 1 saturated heterocycles. The summed E-state index contributed by atoms with van der Waals surface area (Å²) in [7, 11) is 0. The van der Waals surface area contributed by atoms with E-state index in [1.807, 2.05) is 47.4 Å². The van der Waals surface area contributed by atoms with E-state index < -0.39 is 0 Å². The number of para-hydroxylation sites is 1. The van der Waals surface area contributed by atoms with Crippen molar-refractivity contribution >= 4 is 22.5 Å². The molecule has 3 aromatic heterocycles. The van der Waals surface area contributed by atoms with E-state index in [0.29, 0.717) is 24.7 Å². The molecular formula is C21H20N4O3. The molecule has 0 saturated carbocycles. The van der Waals surface area contributed by atoms with Gasteiger partial charge in [0.25, 0.3) is 0 Å². The number of furan rings is 1. The van der Waals surface area contributed by atoms with Crippen molar-refractivity contribution in [3.05, 3.63) is 48.7 Å². The average Bonchev–Trinajstić information content (AvgIpc) is 3.42. The Morgan fingerprint density at radius 1 is 1.18 bits per heavy atom. The lowest BCUT2D eigenvalue weighted by Crippen LogP contribution is -2.26. The maximum Gasteiger partial charge on any atom is 0.231 e. The topological polar surface area (TPSA) is 72.9 Å². The van der Waals surface area contributed by atoms with Gasteiger partial charge in [-0.05, 0) is 31.0 Å². The highest BCUT2D eigenvalue weighted by Crippen LogP contribution is 2.28. The molecule has 4 aromatic rings. The van der Waals surface area contributed by atoms with Crippen LogP contribution < -0.4 is 4.74 Å². The minimum Gasteiger partial charge on any atom is -0.477 e. The van der Waals surface area contributed by atoms with Gasteiger partial charge in [0.2, 0.25) is 11.8 Å². The molecule has 7 heteroatoms. The maximum absolute atomic E-state index is 11.6. The Labute approximate surface area is 161 Å². The molecule has 0 atom stereocenters. The molecule has 28 heavy (non-hydrogen) atoms. The highest BCUT2D eigenvalue weighted by atomic mass is 16.5. The Hall–Kier alpha value is -3.35. The monoisotopic (exact) mass is 376 g/mol. The number of rotatable bonds is 6. The van der Waals surface area contributed by atoms with Gasteiger partial charge in [0.15, 0.2) is 11.4 Å². The molecule has 1 aliphatic rings. The van der Waals surface area contributed by atoms with Gasteiger partial charge in [0.05, 0.1) is 12.8 Å². The lowest BCUT2D eigenvalue weighted by Gasteiger charge is -2.15. The fourth-order valence-electron chi connectivity index (χ4n) is 3.58. The van der Waals surface area contributed by atoms with E-state index in [2.05, 4.69) is 10.1 Å². The number of fused-ring (bicyclic) bond motifs is 2. The Morgan fingerprint density at radius 3 is 2.96 bits per heavy atom. The van der Waals surface area contributed by atoms with Crippen molar-refractivity contribution in [3.8, 4) is 17.3 Å². The van der Waals surface area contributed by atoms with E-state index in [1.54, 1.807) is 10.7 Å². The van der Waals surface area contributed by atoms with Crippen molar-refractivity contribution in [3.63, 3.8) is 0 Å². The molecule has 0 radical (unpaired) electrons. The molecule has 0 N–H and O–H groups in total. The summed E-state index contributed by atoms with van der Waals surface area (Å²) in [6.45, 7) is 2.10. The summed E-state index contributed by atoms with van der Waals surface area (Å²) < 4.78 is 13.5. The van der Waals surface area contributed by atoms with Gasteiger partial charge in [0, 0.05) is 31.0 Å². The van der Waals surface area contributed by atoms with Crippen LogP contribution in [0.3, 0.4) is 0 Å². The molecular weight excluding hydrogens is 356 g/mol. The predicted molar refractivity (Wildman–Crippen MR) is 104 cm³/mol. The van der Waals surface area contributed by atoms with Gasteiger partial charge in [-0.3, -0.25) is 4.79 Å². The number of nitrogens with zero attached hydrogens (tertiary/aromatic N) is 4. The second-order valence-corrected chi connectivity index (χ2v) is 6.92. The molecule has 0 bridgehead atoms. The molecule has 0 spiro atoms. The number of carbonyl (C=O) groups is 1. The van der Waals surface area contributed by atoms with Crippen LogP contribution in [0.15, 0.2) is 53.1 Å². The average molecular weight is 376 g/mol. The van der Waals surface area contributed by atoms with Crippen LogP contribution >= 0.6 is 0 Å². The number of carbonyl (C=O) groups excluding carboxylic acids is 1. The van der Waals surface area contributed by atoms with Gasteiger partial charge < -0.3 is 14.1 Å². The molecule has 7 nitrogen and oxygen atoms in total. The Morgan fingerprint density at radius 2 is 2.11 bits per heavy atom. The summed E-state index contributed by atoms with van der Waals surface area (Å²) in [6, 6.07) is 13.6. The zero-order chi connectivity index (χ0) is 18.9. The fraction of sp³-hybridized carbons (Fsp3) is 0.286. The van der Waals surface area contributed by atoms with Crippen molar-refractivity contribution < 1.29 is 13.9 Å². The van der Waals surface area contributed by atoms with E-state index in [-0.39, 0.29) is 5.91 Å². The summed E-state index contributed by atoms with van der Waals surface area (Å²) in [5, 5.41) is 5.60. The lowest BCUT2D eigenvalue weighted by molar-refractivity contribution is -0.127. The molecule has 1 aliphatic heterocycles. The van der Waals surface area contributed by atoms with Gasteiger partial charge in [-0.25, -0.2) is 9.50 Å². The summed E-state index contributed by atoms with van der Waals surface area (Å²) in [5.74, 6) is 1.48. The van der Waals surface area contributed by atoms with Crippen LogP contribution in [0, 0.1) is 0 Å². The predicted octanol–water partition coefficient (Wildman–Crippen LogP) is 3.53. The van der Waals surface area contributed by atoms with Crippen molar-refractivity contribution in [2.24, 2.45) is 0 Å². The number of imidazole rings is 1. The number of aromatic nitrogens is 3. The minimum atomic E-state index is 0.244. The number of likely N-dealkylation sites (tertiary alicyclic amines) is 1. The summed E-state index contributed by atoms with van der Waals surface area (Å²) in [5.41, 5.74) is 2.33. The number of ether oxygens (including phenoxy) is 1. The van der Waals surface area contributed by atoms with Gasteiger partial charge in [-0.2, -0.15) is 0 Å². The molecule has 0 aliphatic carbocycles. The number of amides is 1. The molecule has 4 heterocycles. The third-order valence-electron chi connectivity index (χ3n) is 5.01. The molecule has 1 fully saturated rings. The summed E-state index contributed by atoms with van der Waals surface area (Å²) in [4.78, 5) is 17.9. The smallest absolute Gasteiger partial charge is 0.231 e. The van der Waals surface area contributed by atoms with Crippen LogP contribution in [0.4, 0.5) is 0 Å². The van der Waals surface area contributed by atoms with Gasteiger partial charge in [0.1, 0.15) is 11.3 Å². The Balaban J connectivity index is 1.32. The third kappa shape index (κ3) is 3.09. The summed E-state index contributed by atoms with van der Waals surface area (Å²) in [6.07, 6.45) is 4.17. The van der Waals surface area contributed by atoms with E-state index >= 15 is 0 Å². The maximum atomic E-state index is 11.6. The summed E-state index contributed by atoms with van der Waals surface area (Å²) >= 11 is 0. The zero-order valence-electron chi connectivity index (χ0n) is 15.4. The van der Waals surface area contributed by atoms with E-state index in [4.69, 9.17) is 9.15 Å². The molecule has 1 amide bonds. The van der Waals surface area contributed by atoms with Crippen molar-refractivity contribution in [2.75, 3.05) is 19.7 Å². The minimum absolute atomic E-state index is 0.244. The van der Waals surface area contributed by atoms with Crippen LogP contribution in [0.5, 0.6) is 5.88 Å². The Bertz CT molecular complexity index is 1110. The van der Waals surface area contributed by atoms with Crippen LogP contribution in [-0.2, 0) is 4.79 Å². The number of hydrogen-bond acceptors (Lipinski definition) is 5. The highest BCUT2D eigenvalue weighted by molar-refractivity contribution is 5.82. The van der Waals surface area contributed by atoms with Crippen molar-refractivity contribution in [2.45, 2.75) is 19.3 Å². The SMILES string of the molecule is O=C1CCCN1CCCOc1ccc2ncc(-c3cc4ccccc4o3)n2n1. The van der Waals surface area contributed by atoms with Crippen LogP contribution in [0.2, 0.25) is 0 Å². The normalized spacial score (nSPS) is 14.4. The first-order valence-corrected chi connectivity index (χ1v) is 9.52. The number of benzene rings is 1. The van der Waals surface area contributed by atoms with E-state index in [1.165, 1.54) is 0 Å². The molecule has 1 aromatic carbocycles. The first-order chi connectivity index (χ1) is 13.8.